The summed E-state index contributed by atoms with van der Waals surface area (Å²) in [6.07, 6.45) is -2.55. The van der Waals surface area contributed by atoms with Gasteiger partial charge in [0.2, 0.25) is 5.88 Å². The van der Waals surface area contributed by atoms with Gasteiger partial charge in [0.1, 0.15) is 12.7 Å². The lowest BCUT2D eigenvalue weighted by Gasteiger charge is -2.36. The molecule has 9 nitrogen and oxygen atoms in total. The van der Waals surface area contributed by atoms with Crippen LogP contribution in [-0.4, -0.2) is 60.2 Å². The first-order valence-corrected chi connectivity index (χ1v) is 13.5. The van der Waals surface area contributed by atoms with Crippen molar-refractivity contribution < 1.29 is 32.2 Å². The van der Waals surface area contributed by atoms with Crippen LogP contribution in [0.4, 0.5) is 35.2 Å². The number of hydrogen-bond donors (Lipinski definition) is 1. The summed E-state index contributed by atoms with van der Waals surface area (Å²) in [5.74, 6) is -0.0320. The molecule has 1 N–H and O–H groups in total. The van der Waals surface area contributed by atoms with Crippen molar-refractivity contribution in [3.63, 3.8) is 0 Å². The van der Waals surface area contributed by atoms with Crippen molar-refractivity contribution in [2.24, 2.45) is 0 Å². The van der Waals surface area contributed by atoms with Crippen LogP contribution in [0.3, 0.4) is 0 Å². The number of anilines is 3. The van der Waals surface area contributed by atoms with Crippen molar-refractivity contribution in [3.8, 4) is 17.1 Å². The maximum atomic E-state index is 13.7. The number of alkyl halides is 3. The molecule has 2 aromatic heterocycles. The third-order valence-electron chi connectivity index (χ3n) is 7.19. The predicted molar refractivity (Wildman–Crippen MR) is 146 cm³/mol. The standard InChI is InChI=1S/C28H27ClF3N5O4/c1-27(2)40-15-20(41-27)14-39-23-11-18(6-8-33-23)34-26(38)37-19-7-9-36(13-19)22-12-21(29)24(35-25(22)37)16-4-3-5-17(10-16)28(30,31)32/h3-6,8,10-12,19-20H,7,9,13-15H2,1-2H3,(H,33,34,38)/t19-,20+/m0/s1. The third kappa shape index (κ3) is 5.64. The Kier molecular flexibility index (Phi) is 6.95. The fourth-order valence-electron chi connectivity index (χ4n) is 5.30. The quantitative estimate of drug-likeness (QED) is 0.392. The van der Waals surface area contributed by atoms with Gasteiger partial charge >= 0.3 is 12.2 Å². The molecule has 0 unspecified atom stereocenters. The Hall–Kier alpha value is -3.61. The molecule has 0 spiro atoms. The molecule has 41 heavy (non-hydrogen) atoms. The zero-order chi connectivity index (χ0) is 28.9. The number of halogens is 4. The molecule has 0 aliphatic carbocycles. The molecular formula is C28H27ClF3N5O4. The van der Waals surface area contributed by atoms with E-state index in [1.807, 2.05) is 13.8 Å². The fourth-order valence-corrected chi connectivity index (χ4v) is 5.56. The van der Waals surface area contributed by atoms with Crippen LogP contribution in [0, 0.1) is 0 Å². The minimum Gasteiger partial charge on any atom is -0.475 e. The van der Waals surface area contributed by atoms with Crippen molar-refractivity contribution in [2.45, 2.75) is 44.4 Å². The summed E-state index contributed by atoms with van der Waals surface area (Å²) in [7, 11) is 0. The van der Waals surface area contributed by atoms with Crippen LogP contribution in [0.5, 0.6) is 5.88 Å². The Bertz CT molecular complexity index is 1490. The molecule has 2 fully saturated rings. The Morgan fingerprint density at radius 1 is 1.24 bits per heavy atom. The molecule has 6 rings (SSSR count). The Morgan fingerprint density at radius 2 is 2.07 bits per heavy atom. The normalized spacial score (nSPS) is 21.1. The summed E-state index contributed by atoms with van der Waals surface area (Å²) >= 11 is 6.54. The first kappa shape index (κ1) is 27.6. The van der Waals surface area contributed by atoms with E-state index in [-0.39, 0.29) is 35.0 Å². The monoisotopic (exact) mass is 589 g/mol. The van der Waals surface area contributed by atoms with Crippen LogP contribution < -0.4 is 19.9 Å². The van der Waals surface area contributed by atoms with Gasteiger partial charge in [-0.05, 0) is 44.5 Å². The van der Waals surface area contributed by atoms with Crippen LogP contribution in [-0.2, 0) is 15.7 Å². The molecule has 3 aliphatic rings. The second kappa shape index (κ2) is 10.3. The number of ether oxygens (including phenoxy) is 3. The summed E-state index contributed by atoms with van der Waals surface area (Å²) in [4.78, 5) is 26.2. The van der Waals surface area contributed by atoms with Gasteiger partial charge in [0.05, 0.1) is 34.6 Å². The van der Waals surface area contributed by atoms with E-state index in [1.54, 1.807) is 23.1 Å². The average Bonchev–Trinajstić information content (AvgIpc) is 3.50. The van der Waals surface area contributed by atoms with Gasteiger partial charge in [0.15, 0.2) is 11.6 Å². The number of carbonyl (C=O) groups excluding carboxylic acids is 1. The van der Waals surface area contributed by atoms with Gasteiger partial charge in [0, 0.05) is 36.6 Å². The first-order valence-electron chi connectivity index (χ1n) is 13.1. The highest BCUT2D eigenvalue weighted by atomic mass is 35.5. The van der Waals surface area contributed by atoms with E-state index in [4.69, 9.17) is 25.8 Å². The molecule has 0 saturated carbocycles. The second-order valence-electron chi connectivity index (χ2n) is 10.6. The van der Waals surface area contributed by atoms with Gasteiger partial charge in [-0.25, -0.2) is 14.8 Å². The molecule has 2 bridgehead atoms. The van der Waals surface area contributed by atoms with E-state index in [0.717, 1.165) is 12.1 Å². The number of rotatable bonds is 5. The van der Waals surface area contributed by atoms with Crippen molar-refractivity contribution in [1.82, 2.24) is 9.97 Å². The van der Waals surface area contributed by atoms with Crippen LogP contribution in [0.2, 0.25) is 5.02 Å². The molecular weight excluding hydrogens is 563 g/mol. The summed E-state index contributed by atoms with van der Waals surface area (Å²) < 4.78 is 57.2. The van der Waals surface area contributed by atoms with E-state index in [9.17, 15) is 18.0 Å². The molecule has 13 heteroatoms. The van der Waals surface area contributed by atoms with E-state index in [2.05, 4.69) is 20.2 Å². The fraction of sp³-hybridized carbons (Fsp3) is 0.393. The van der Waals surface area contributed by atoms with Crippen LogP contribution >= 0.6 is 11.6 Å². The van der Waals surface area contributed by atoms with Crippen LogP contribution in [0.15, 0.2) is 48.7 Å². The van der Waals surface area contributed by atoms with Crippen molar-refractivity contribution in [2.75, 3.05) is 41.4 Å². The van der Waals surface area contributed by atoms with Gasteiger partial charge in [-0.1, -0.05) is 23.7 Å². The van der Waals surface area contributed by atoms with Gasteiger partial charge in [-0.3, -0.25) is 4.90 Å². The highest BCUT2D eigenvalue weighted by Crippen LogP contribution is 2.44. The summed E-state index contributed by atoms with van der Waals surface area (Å²) in [6.45, 7) is 5.57. The van der Waals surface area contributed by atoms with E-state index in [1.165, 1.54) is 18.3 Å². The summed E-state index contributed by atoms with van der Waals surface area (Å²) in [6, 6.07) is 9.11. The van der Waals surface area contributed by atoms with E-state index >= 15 is 0 Å². The van der Waals surface area contributed by atoms with E-state index < -0.39 is 23.6 Å². The molecule has 2 amide bonds. The highest BCUT2D eigenvalue weighted by Gasteiger charge is 2.41. The average molecular weight is 590 g/mol. The Morgan fingerprint density at radius 3 is 2.83 bits per heavy atom. The zero-order valence-electron chi connectivity index (χ0n) is 22.2. The summed E-state index contributed by atoms with van der Waals surface area (Å²) in [5, 5.41) is 3.09. The van der Waals surface area contributed by atoms with E-state index in [0.29, 0.717) is 49.2 Å². The molecule has 3 aromatic rings. The van der Waals surface area contributed by atoms with Crippen molar-refractivity contribution in [3.05, 3.63) is 59.2 Å². The molecule has 216 valence electrons. The Labute approximate surface area is 239 Å². The molecule has 3 aliphatic heterocycles. The minimum absolute atomic E-state index is 0.165. The number of aromatic nitrogens is 2. The second-order valence-corrected chi connectivity index (χ2v) is 11.0. The topological polar surface area (TPSA) is 89.1 Å². The molecule has 1 aromatic carbocycles. The Balaban J connectivity index is 1.25. The lowest BCUT2D eigenvalue weighted by molar-refractivity contribution is -0.141. The van der Waals surface area contributed by atoms with Crippen molar-refractivity contribution >= 4 is 34.8 Å². The number of carbonyl (C=O) groups is 1. The number of fused-ring (bicyclic) bond motifs is 4. The van der Waals surface area contributed by atoms with Gasteiger partial charge < -0.3 is 24.4 Å². The largest absolute Gasteiger partial charge is 0.475 e. The number of hydrogen-bond acceptors (Lipinski definition) is 7. The maximum absolute atomic E-state index is 13.7. The first-order chi connectivity index (χ1) is 19.5. The molecule has 0 radical (unpaired) electrons. The van der Waals surface area contributed by atoms with Crippen molar-refractivity contribution in [1.29, 1.82) is 0 Å². The molecule has 2 saturated heterocycles. The lowest BCUT2D eigenvalue weighted by atomic mass is 10.1. The number of nitrogens with one attached hydrogen (secondary N) is 1. The molecule has 5 heterocycles. The predicted octanol–water partition coefficient (Wildman–Crippen LogP) is 5.98. The summed E-state index contributed by atoms with van der Waals surface area (Å²) in [5.41, 5.74) is 0.665. The smallest absolute Gasteiger partial charge is 0.416 e. The number of pyridine rings is 2. The zero-order valence-corrected chi connectivity index (χ0v) is 23.0. The van der Waals surface area contributed by atoms with Gasteiger partial charge in [-0.2, -0.15) is 13.2 Å². The van der Waals surface area contributed by atoms with Crippen LogP contribution in [0.1, 0.15) is 25.8 Å². The maximum Gasteiger partial charge on any atom is 0.416 e. The lowest BCUT2D eigenvalue weighted by Crippen LogP contribution is -2.48. The SMILES string of the molecule is CC1(C)OC[C@@H](COc2cc(NC(=O)N3c4nc(-c5cccc(C(F)(F)F)c5)c(Cl)cc4N4CC[C@H]3C4)ccn2)O1. The number of nitrogens with zero attached hydrogens (tertiary/aromatic N) is 4. The van der Waals surface area contributed by atoms with Gasteiger partial charge in [0.25, 0.3) is 0 Å². The molecule has 2 atom stereocenters. The number of urea groups is 1. The number of benzene rings is 1. The third-order valence-corrected chi connectivity index (χ3v) is 7.47. The highest BCUT2D eigenvalue weighted by molar-refractivity contribution is 6.33. The minimum atomic E-state index is -4.52. The van der Waals surface area contributed by atoms with Gasteiger partial charge in [-0.15, -0.1) is 0 Å². The number of amides is 2. The van der Waals surface area contributed by atoms with Crippen LogP contribution in [0.25, 0.3) is 11.3 Å².